The summed E-state index contributed by atoms with van der Waals surface area (Å²) in [4.78, 5) is 24.2. The minimum atomic E-state index is -0.502. The van der Waals surface area contributed by atoms with Gasteiger partial charge in [-0.2, -0.15) is 0 Å². The van der Waals surface area contributed by atoms with Crippen LogP contribution in [0.5, 0.6) is 11.5 Å². The van der Waals surface area contributed by atoms with Crippen molar-refractivity contribution in [2.24, 2.45) is 0 Å². The SMILES string of the molecule is CCCCCCCCCCCCCCCCCCOc1cc(OCC(=O)OC)cc(C(=O)OCc2ccccc2)c1. The number of carbonyl (C=O) groups excluding carboxylic acids is 2. The van der Waals surface area contributed by atoms with Crippen LogP contribution in [-0.4, -0.2) is 32.3 Å². The largest absolute Gasteiger partial charge is 0.493 e. The first-order valence-corrected chi connectivity index (χ1v) is 15.8. The number of ether oxygens (including phenoxy) is 4. The van der Waals surface area contributed by atoms with Crippen LogP contribution in [0, 0.1) is 0 Å². The van der Waals surface area contributed by atoms with Gasteiger partial charge in [-0.25, -0.2) is 9.59 Å². The molecule has 0 amide bonds. The Labute approximate surface area is 248 Å². The van der Waals surface area contributed by atoms with E-state index in [0.29, 0.717) is 23.7 Å². The van der Waals surface area contributed by atoms with E-state index in [-0.39, 0.29) is 13.2 Å². The van der Waals surface area contributed by atoms with E-state index < -0.39 is 11.9 Å². The Bertz CT molecular complexity index is 958. The summed E-state index contributed by atoms with van der Waals surface area (Å²) in [7, 11) is 1.30. The molecule has 0 heterocycles. The Morgan fingerprint density at radius 1 is 0.634 bits per heavy atom. The summed E-state index contributed by atoms with van der Waals surface area (Å²) in [5, 5.41) is 0. The topological polar surface area (TPSA) is 71.1 Å². The number of esters is 2. The number of methoxy groups -OCH3 is 1. The predicted molar refractivity (Wildman–Crippen MR) is 165 cm³/mol. The second-order valence-corrected chi connectivity index (χ2v) is 10.8. The maximum Gasteiger partial charge on any atom is 0.343 e. The molecule has 2 aromatic carbocycles. The highest BCUT2D eigenvalue weighted by Gasteiger charge is 2.13. The third-order valence-electron chi connectivity index (χ3n) is 7.18. The summed E-state index contributed by atoms with van der Waals surface area (Å²) in [5.41, 5.74) is 1.21. The number of hydrogen-bond acceptors (Lipinski definition) is 6. The Hall–Kier alpha value is -3.02. The first kappa shape index (κ1) is 34.2. The van der Waals surface area contributed by atoms with E-state index >= 15 is 0 Å². The fourth-order valence-electron chi connectivity index (χ4n) is 4.70. The van der Waals surface area contributed by atoms with Crippen molar-refractivity contribution in [3.05, 3.63) is 59.7 Å². The van der Waals surface area contributed by atoms with Gasteiger partial charge in [-0.15, -0.1) is 0 Å². The molecule has 0 fully saturated rings. The highest BCUT2D eigenvalue weighted by atomic mass is 16.6. The van der Waals surface area contributed by atoms with Gasteiger partial charge in [-0.1, -0.05) is 134 Å². The average molecular weight is 569 g/mol. The van der Waals surface area contributed by atoms with Gasteiger partial charge in [0.15, 0.2) is 6.61 Å². The Morgan fingerprint density at radius 2 is 1.15 bits per heavy atom. The van der Waals surface area contributed by atoms with Crippen molar-refractivity contribution >= 4 is 11.9 Å². The van der Waals surface area contributed by atoms with Gasteiger partial charge < -0.3 is 18.9 Å². The Balaban J connectivity index is 1.63. The van der Waals surface area contributed by atoms with Gasteiger partial charge in [-0.05, 0) is 24.1 Å². The molecule has 228 valence electrons. The molecule has 6 nitrogen and oxygen atoms in total. The molecule has 0 unspecified atom stereocenters. The molecule has 0 atom stereocenters. The molecule has 6 heteroatoms. The molecule has 41 heavy (non-hydrogen) atoms. The van der Waals surface area contributed by atoms with E-state index in [9.17, 15) is 9.59 Å². The number of unbranched alkanes of at least 4 members (excludes halogenated alkanes) is 15. The number of benzene rings is 2. The fourth-order valence-corrected chi connectivity index (χ4v) is 4.70. The number of hydrogen-bond donors (Lipinski definition) is 0. The first-order chi connectivity index (χ1) is 20.1. The Kier molecular flexibility index (Phi) is 18.9. The lowest BCUT2D eigenvalue weighted by Gasteiger charge is -2.12. The van der Waals surface area contributed by atoms with Gasteiger partial charge in [0, 0.05) is 6.07 Å². The standard InChI is InChI=1S/C35H52O6/c1-3-4-5-6-7-8-9-10-11-12-13-14-15-16-17-21-24-39-32-25-31(26-33(27-32)40-29-34(36)38-2)35(37)41-28-30-22-19-18-20-23-30/h18-20,22-23,25-27H,3-17,21,24,28-29H2,1-2H3. The summed E-state index contributed by atoms with van der Waals surface area (Å²) in [5.74, 6) is -0.117. The summed E-state index contributed by atoms with van der Waals surface area (Å²) in [6, 6.07) is 14.4. The van der Waals surface area contributed by atoms with Gasteiger partial charge in [0.25, 0.3) is 0 Å². The van der Waals surface area contributed by atoms with Gasteiger partial charge in [0.05, 0.1) is 19.3 Å². The fraction of sp³-hybridized carbons (Fsp3) is 0.600. The minimum absolute atomic E-state index is 0.169. The predicted octanol–water partition coefficient (Wildman–Crippen LogP) is 9.24. The zero-order valence-corrected chi connectivity index (χ0v) is 25.5. The van der Waals surface area contributed by atoms with Crippen LogP contribution in [0.25, 0.3) is 0 Å². The molecule has 0 aliphatic carbocycles. The third kappa shape index (κ3) is 16.7. The molecular formula is C35H52O6. The molecular weight excluding hydrogens is 516 g/mol. The van der Waals surface area contributed by atoms with Crippen molar-refractivity contribution in [2.75, 3.05) is 20.3 Å². The molecule has 0 spiro atoms. The lowest BCUT2D eigenvalue weighted by molar-refractivity contribution is -0.142. The summed E-state index contributed by atoms with van der Waals surface area (Å²) in [6.45, 7) is 2.74. The van der Waals surface area contributed by atoms with Crippen molar-refractivity contribution in [1.82, 2.24) is 0 Å². The lowest BCUT2D eigenvalue weighted by Crippen LogP contribution is -2.13. The van der Waals surface area contributed by atoms with E-state index in [1.165, 1.54) is 97.0 Å². The van der Waals surface area contributed by atoms with E-state index in [1.807, 2.05) is 30.3 Å². The van der Waals surface area contributed by atoms with Crippen LogP contribution < -0.4 is 9.47 Å². The number of carbonyl (C=O) groups is 2. The molecule has 0 bridgehead atoms. The molecule has 0 aliphatic rings. The molecule has 2 rings (SSSR count). The van der Waals surface area contributed by atoms with Gasteiger partial charge >= 0.3 is 11.9 Å². The second kappa shape index (κ2) is 22.6. The third-order valence-corrected chi connectivity index (χ3v) is 7.18. The van der Waals surface area contributed by atoms with Crippen LogP contribution in [0.2, 0.25) is 0 Å². The maximum absolute atomic E-state index is 12.7. The van der Waals surface area contributed by atoms with Crippen molar-refractivity contribution in [3.8, 4) is 11.5 Å². The summed E-state index contributed by atoms with van der Waals surface area (Å²) >= 11 is 0. The molecule has 0 saturated heterocycles. The second-order valence-electron chi connectivity index (χ2n) is 10.8. The van der Waals surface area contributed by atoms with E-state index in [0.717, 1.165) is 18.4 Å². The van der Waals surface area contributed by atoms with Gasteiger partial charge in [0.1, 0.15) is 18.1 Å². The van der Waals surface area contributed by atoms with Crippen LogP contribution in [0.15, 0.2) is 48.5 Å². The molecule has 0 N–H and O–H groups in total. The van der Waals surface area contributed by atoms with Crippen molar-refractivity contribution in [1.29, 1.82) is 0 Å². The minimum Gasteiger partial charge on any atom is -0.493 e. The zero-order valence-electron chi connectivity index (χ0n) is 25.5. The van der Waals surface area contributed by atoms with Crippen molar-refractivity contribution in [2.45, 2.75) is 116 Å². The van der Waals surface area contributed by atoms with Crippen LogP contribution in [0.3, 0.4) is 0 Å². The highest BCUT2D eigenvalue weighted by Crippen LogP contribution is 2.25. The Morgan fingerprint density at radius 3 is 1.68 bits per heavy atom. The summed E-state index contributed by atoms with van der Waals surface area (Å²) < 4.78 is 21.6. The van der Waals surface area contributed by atoms with Crippen LogP contribution in [0.1, 0.15) is 126 Å². The molecule has 0 radical (unpaired) electrons. The molecule has 0 saturated carbocycles. The summed E-state index contributed by atoms with van der Waals surface area (Å²) in [6.07, 6.45) is 21.1. The number of rotatable bonds is 24. The van der Waals surface area contributed by atoms with E-state index in [1.54, 1.807) is 18.2 Å². The van der Waals surface area contributed by atoms with Crippen LogP contribution >= 0.6 is 0 Å². The zero-order chi connectivity index (χ0) is 29.4. The van der Waals surface area contributed by atoms with Gasteiger partial charge in [-0.3, -0.25) is 0 Å². The normalized spacial score (nSPS) is 10.8. The lowest BCUT2D eigenvalue weighted by atomic mass is 10.0. The maximum atomic E-state index is 12.7. The van der Waals surface area contributed by atoms with Crippen molar-refractivity contribution in [3.63, 3.8) is 0 Å². The monoisotopic (exact) mass is 568 g/mol. The molecule has 0 aliphatic heterocycles. The van der Waals surface area contributed by atoms with E-state index in [2.05, 4.69) is 11.7 Å². The molecule has 0 aromatic heterocycles. The quantitative estimate of drug-likeness (QED) is 0.0928. The highest BCUT2D eigenvalue weighted by molar-refractivity contribution is 5.90. The molecule has 2 aromatic rings. The average Bonchev–Trinajstić information content (AvgIpc) is 3.00. The first-order valence-electron chi connectivity index (χ1n) is 15.8. The van der Waals surface area contributed by atoms with Crippen LogP contribution in [-0.2, 0) is 20.9 Å². The van der Waals surface area contributed by atoms with Gasteiger partial charge in [0.2, 0.25) is 0 Å². The van der Waals surface area contributed by atoms with E-state index in [4.69, 9.17) is 14.2 Å². The van der Waals surface area contributed by atoms with Crippen LogP contribution in [0.4, 0.5) is 0 Å². The smallest absolute Gasteiger partial charge is 0.343 e. The van der Waals surface area contributed by atoms with Crippen molar-refractivity contribution < 1.29 is 28.5 Å².